The van der Waals surface area contributed by atoms with Crippen molar-refractivity contribution >= 4 is 32.0 Å². The molecule has 1 saturated heterocycles. The van der Waals surface area contributed by atoms with Crippen molar-refractivity contribution in [1.29, 1.82) is 0 Å². The highest BCUT2D eigenvalue weighted by atomic mass is 79.9. The van der Waals surface area contributed by atoms with E-state index in [2.05, 4.69) is 21.2 Å². The predicted molar refractivity (Wildman–Crippen MR) is 113 cm³/mol. The zero-order valence-electron chi connectivity index (χ0n) is 15.7. The van der Waals surface area contributed by atoms with Gasteiger partial charge in [0.2, 0.25) is 10.0 Å². The number of sulfonamides is 1. The van der Waals surface area contributed by atoms with Crippen molar-refractivity contribution in [3.8, 4) is 0 Å². The van der Waals surface area contributed by atoms with Crippen LogP contribution in [0.1, 0.15) is 24.1 Å². The van der Waals surface area contributed by atoms with E-state index in [0.717, 1.165) is 15.6 Å². The number of nitrogens with zero attached hydrogens (tertiary/aromatic N) is 2. The molecule has 2 amide bonds. The summed E-state index contributed by atoms with van der Waals surface area (Å²) in [5.74, 6) is -0.0148. The van der Waals surface area contributed by atoms with Crippen LogP contribution in [0.15, 0.2) is 59.1 Å². The van der Waals surface area contributed by atoms with Gasteiger partial charge in [0.1, 0.15) is 0 Å². The van der Waals surface area contributed by atoms with E-state index in [0.29, 0.717) is 26.2 Å². The van der Waals surface area contributed by atoms with E-state index in [9.17, 15) is 13.2 Å². The van der Waals surface area contributed by atoms with Gasteiger partial charge >= 0.3 is 6.03 Å². The van der Waals surface area contributed by atoms with Gasteiger partial charge in [0.25, 0.3) is 0 Å². The van der Waals surface area contributed by atoms with Crippen LogP contribution in [0.2, 0.25) is 0 Å². The Morgan fingerprint density at radius 1 is 1.04 bits per heavy atom. The van der Waals surface area contributed by atoms with Crippen molar-refractivity contribution in [1.82, 2.24) is 14.5 Å². The third kappa shape index (κ3) is 5.12. The van der Waals surface area contributed by atoms with Crippen LogP contribution in [0.25, 0.3) is 0 Å². The maximum absolute atomic E-state index is 12.6. The molecule has 1 fully saturated rings. The molecule has 1 atom stereocenters. The van der Waals surface area contributed by atoms with Crippen LogP contribution in [0.5, 0.6) is 0 Å². The van der Waals surface area contributed by atoms with Crippen molar-refractivity contribution in [3.05, 3.63) is 70.2 Å². The maximum Gasteiger partial charge on any atom is 0.317 e. The number of hydrogen-bond donors (Lipinski definition) is 1. The van der Waals surface area contributed by atoms with E-state index < -0.39 is 10.0 Å². The van der Waals surface area contributed by atoms with E-state index in [1.54, 1.807) is 4.90 Å². The fourth-order valence-electron chi connectivity index (χ4n) is 3.23. The average Bonchev–Trinajstić information content (AvgIpc) is 2.69. The number of benzene rings is 2. The Kier molecular flexibility index (Phi) is 6.74. The number of urea groups is 1. The molecule has 1 N–H and O–H groups in total. The van der Waals surface area contributed by atoms with Gasteiger partial charge in [0.05, 0.1) is 11.8 Å². The molecule has 0 bridgehead atoms. The van der Waals surface area contributed by atoms with Gasteiger partial charge < -0.3 is 10.2 Å². The molecule has 2 aromatic carbocycles. The molecule has 0 aliphatic carbocycles. The molecule has 1 unspecified atom stereocenters. The molecule has 1 heterocycles. The van der Waals surface area contributed by atoms with Crippen LogP contribution < -0.4 is 5.32 Å². The Balaban J connectivity index is 1.54. The van der Waals surface area contributed by atoms with E-state index in [-0.39, 0.29) is 17.8 Å². The van der Waals surface area contributed by atoms with Crippen molar-refractivity contribution in [2.45, 2.75) is 18.7 Å². The highest BCUT2D eigenvalue weighted by Gasteiger charge is 2.29. The zero-order valence-corrected chi connectivity index (χ0v) is 18.1. The fourth-order valence-corrected chi connectivity index (χ4v) is 5.37. The minimum absolute atomic E-state index is 0.0148. The first-order chi connectivity index (χ1) is 13.4. The van der Waals surface area contributed by atoms with Crippen LogP contribution in [-0.2, 0) is 15.8 Å². The minimum Gasteiger partial charge on any atom is -0.331 e. The summed E-state index contributed by atoms with van der Waals surface area (Å²) < 4.78 is 27.7. The van der Waals surface area contributed by atoms with Crippen molar-refractivity contribution in [3.63, 3.8) is 0 Å². The molecule has 0 spiro atoms. The summed E-state index contributed by atoms with van der Waals surface area (Å²) in [6.07, 6.45) is 0. The Labute approximate surface area is 174 Å². The number of carbonyl (C=O) groups excluding carboxylic acids is 1. The second-order valence-corrected chi connectivity index (χ2v) is 9.64. The topological polar surface area (TPSA) is 69.7 Å². The van der Waals surface area contributed by atoms with E-state index in [1.165, 1.54) is 4.31 Å². The van der Waals surface area contributed by atoms with Gasteiger partial charge in [0, 0.05) is 30.7 Å². The molecule has 0 aromatic heterocycles. The molecule has 0 radical (unpaired) electrons. The Bertz CT molecular complexity index is 913. The molecule has 8 heteroatoms. The Hall–Kier alpha value is -1.90. The summed E-state index contributed by atoms with van der Waals surface area (Å²) >= 11 is 3.50. The van der Waals surface area contributed by atoms with Gasteiger partial charge in [-0.2, -0.15) is 4.31 Å². The van der Waals surface area contributed by atoms with E-state index >= 15 is 0 Å². The smallest absolute Gasteiger partial charge is 0.317 e. The van der Waals surface area contributed by atoms with Crippen molar-refractivity contribution in [2.24, 2.45) is 0 Å². The Morgan fingerprint density at radius 3 is 2.29 bits per heavy atom. The van der Waals surface area contributed by atoms with E-state index in [4.69, 9.17) is 0 Å². The molecular formula is C20H24BrN3O3S. The van der Waals surface area contributed by atoms with Crippen LogP contribution in [-0.4, -0.2) is 49.8 Å². The van der Waals surface area contributed by atoms with Gasteiger partial charge in [-0.15, -0.1) is 0 Å². The summed E-state index contributed by atoms with van der Waals surface area (Å²) in [5.41, 5.74) is 1.77. The monoisotopic (exact) mass is 465 g/mol. The van der Waals surface area contributed by atoms with Gasteiger partial charge in [-0.3, -0.25) is 0 Å². The largest absolute Gasteiger partial charge is 0.331 e. The third-order valence-electron chi connectivity index (χ3n) is 4.82. The number of rotatable bonds is 5. The van der Waals surface area contributed by atoms with Gasteiger partial charge in [-0.1, -0.05) is 64.5 Å². The Morgan fingerprint density at radius 2 is 1.64 bits per heavy atom. The summed E-state index contributed by atoms with van der Waals surface area (Å²) in [6.45, 7) is 3.31. The molecule has 2 aromatic rings. The lowest BCUT2D eigenvalue weighted by molar-refractivity contribution is 0.169. The minimum atomic E-state index is -3.39. The van der Waals surface area contributed by atoms with Crippen molar-refractivity contribution in [2.75, 3.05) is 26.2 Å². The number of nitrogens with one attached hydrogen (secondary N) is 1. The molecule has 28 heavy (non-hydrogen) atoms. The molecule has 6 nitrogen and oxygen atoms in total. The number of halogens is 1. The van der Waals surface area contributed by atoms with Gasteiger partial charge in [0.15, 0.2) is 0 Å². The normalized spacial score (nSPS) is 16.6. The van der Waals surface area contributed by atoms with Gasteiger partial charge in [-0.05, 0) is 24.1 Å². The highest BCUT2D eigenvalue weighted by Crippen LogP contribution is 2.23. The van der Waals surface area contributed by atoms with E-state index in [1.807, 2.05) is 61.5 Å². The molecule has 150 valence electrons. The fraction of sp³-hybridized carbons (Fsp3) is 0.350. The summed E-state index contributed by atoms with van der Waals surface area (Å²) in [7, 11) is -3.39. The van der Waals surface area contributed by atoms with Crippen LogP contribution in [0.3, 0.4) is 0 Å². The maximum atomic E-state index is 12.6. The van der Waals surface area contributed by atoms with Crippen LogP contribution in [0, 0.1) is 0 Å². The lowest BCUT2D eigenvalue weighted by Gasteiger charge is -2.34. The van der Waals surface area contributed by atoms with Gasteiger partial charge in [-0.25, -0.2) is 13.2 Å². The molecular weight excluding hydrogens is 442 g/mol. The lowest BCUT2D eigenvalue weighted by atomic mass is 10.1. The lowest BCUT2D eigenvalue weighted by Crippen LogP contribution is -2.53. The van der Waals surface area contributed by atoms with Crippen LogP contribution in [0.4, 0.5) is 4.79 Å². The summed E-state index contributed by atoms with van der Waals surface area (Å²) in [5, 5.41) is 2.99. The number of amides is 2. The van der Waals surface area contributed by atoms with Crippen molar-refractivity contribution < 1.29 is 13.2 Å². The summed E-state index contributed by atoms with van der Waals surface area (Å²) in [6, 6.07) is 16.6. The molecule has 3 rings (SSSR count). The quantitative estimate of drug-likeness (QED) is 0.735. The third-order valence-corrected chi connectivity index (χ3v) is 7.40. The standard InChI is InChI=1S/C20H24BrN3O3S/c1-16(18-9-5-6-10-19(18)21)22-20(25)23-11-13-24(14-12-23)28(26,27)15-17-7-3-2-4-8-17/h2-10,16H,11-15H2,1H3,(H,22,25). The van der Waals surface area contributed by atoms with Crippen LogP contribution >= 0.6 is 15.9 Å². The zero-order chi connectivity index (χ0) is 20.1. The number of hydrogen-bond acceptors (Lipinski definition) is 3. The first-order valence-electron chi connectivity index (χ1n) is 9.18. The molecule has 1 aliphatic rings. The second-order valence-electron chi connectivity index (χ2n) is 6.82. The predicted octanol–water partition coefficient (Wildman–Crippen LogP) is 3.37. The molecule has 0 saturated carbocycles. The first-order valence-corrected chi connectivity index (χ1v) is 11.6. The number of piperazine rings is 1. The second kappa shape index (κ2) is 9.07. The first kappa shape index (κ1) is 20.8. The molecule has 1 aliphatic heterocycles. The number of carbonyl (C=O) groups is 1. The average molecular weight is 466 g/mol. The summed E-state index contributed by atoms with van der Waals surface area (Å²) in [4.78, 5) is 14.2. The highest BCUT2D eigenvalue weighted by molar-refractivity contribution is 9.10. The SMILES string of the molecule is CC(NC(=O)N1CCN(S(=O)(=O)Cc2ccccc2)CC1)c1ccccc1Br.